The number of benzene rings is 1. The minimum Gasteiger partial charge on any atom is -0.493 e. The minimum atomic E-state index is 0.331. The van der Waals surface area contributed by atoms with Crippen LogP contribution < -0.4 is 4.74 Å². The lowest BCUT2D eigenvalue weighted by molar-refractivity contribution is 0.323. The van der Waals surface area contributed by atoms with E-state index >= 15 is 0 Å². The molecule has 0 unspecified atom stereocenters. The molecule has 2 nitrogen and oxygen atoms in total. The van der Waals surface area contributed by atoms with E-state index in [0.29, 0.717) is 13.0 Å². The fourth-order valence-electron chi connectivity index (χ4n) is 1.14. The van der Waals surface area contributed by atoms with Crippen molar-refractivity contribution in [3.63, 3.8) is 0 Å². The fraction of sp³-hybridized carbons (Fsp3) is 0.364. The van der Waals surface area contributed by atoms with Crippen molar-refractivity contribution in [2.45, 2.75) is 19.8 Å². The first-order chi connectivity index (χ1) is 6.38. The predicted molar refractivity (Wildman–Crippen MR) is 51.6 cm³/mol. The number of carbonyl (C=O) groups excluding carboxylic acids is 1. The van der Waals surface area contributed by atoms with Gasteiger partial charge in [0.15, 0.2) is 0 Å². The Morgan fingerprint density at radius 1 is 1.38 bits per heavy atom. The number of aryl methyl sites for hydroxylation is 1. The second-order valence-corrected chi connectivity index (χ2v) is 2.70. The second-order valence-electron chi connectivity index (χ2n) is 2.70. The van der Waals surface area contributed by atoms with Gasteiger partial charge in [-0.3, -0.25) is 4.79 Å². The highest BCUT2D eigenvalue weighted by atomic mass is 16.5. The smallest absolute Gasteiger partial charge is 0.201 e. The topological polar surface area (TPSA) is 26.3 Å². The van der Waals surface area contributed by atoms with Gasteiger partial charge in [-0.15, -0.1) is 0 Å². The van der Waals surface area contributed by atoms with E-state index in [9.17, 15) is 4.79 Å². The van der Waals surface area contributed by atoms with Gasteiger partial charge in [0.1, 0.15) is 5.75 Å². The van der Waals surface area contributed by atoms with Gasteiger partial charge in [-0.05, 0) is 18.1 Å². The van der Waals surface area contributed by atoms with E-state index in [1.54, 1.807) is 6.29 Å². The van der Waals surface area contributed by atoms with Gasteiger partial charge in [0.25, 0.3) is 0 Å². The second kappa shape index (κ2) is 5.36. The highest BCUT2D eigenvalue weighted by Crippen LogP contribution is 2.17. The van der Waals surface area contributed by atoms with Crippen molar-refractivity contribution in [2.24, 2.45) is 0 Å². The zero-order valence-corrected chi connectivity index (χ0v) is 7.75. The largest absolute Gasteiger partial charge is 0.493 e. The lowest BCUT2D eigenvalue weighted by Gasteiger charge is -2.07. The molecule has 0 atom stereocenters. The Balaban J connectivity index is 2.58. The van der Waals surface area contributed by atoms with Crippen LogP contribution in [0, 0.1) is 0 Å². The summed E-state index contributed by atoms with van der Waals surface area (Å²) in [5.74, 6) is 0.875. The Morgan fingerprint density at radius 2 is 2.15 bits per heavy atom. The third-order valence-corrected chi connectivity index (χ3v) is 1.82. The quantitative estimate of drug-likeness (QED) is 0.644. The number of hydrogen-bond donors (Lipinski definition) is 0. The monoisotopic (exact) mass is 177 g/mol. The van der Waals surface area contributed by atoms with Crippen LogP contribution in [0.4, 0.5) is 0 Å². The molecule has 0 aliphatic rings. The van der Waals surface area contributed by atoms with E-state index in [1.807, 2.05) is 24.3 Å². The lowest BCUT2D eigenvalue weighted by Crippen LogP contribution is -1.99. The molecule has 0 amide bonds. The van der Waals surface area contributed by atoms with Gasteiger partial charge in [-0.2, -0.15) is 0 Å². The summed E-state index contributed by atoms with van der Waals surface area (Å²) in [6.07, 6.45) is 3.08. The predicted octanol–water partition coefficient (Wildman–Crippen LogP) is 2.13. The van der Waals surface area contributed by atoms with Crippen LogP contribution in [0.5, 0.6) is 5.75 Å². The first-order valence-electron chi connectivity index (χ1n) is 4.44. The third-order valence-electron chi connectivity index (χ3n) is 1.82. The average Bonchev–Trinajstić information content (AvgIpc) is 2.19. The number of para-hydroxylation sites is 1. The van der Waals surface area contributed by atoms with Crippen LogP contribution in [-0.4, -0.2) is 12.9 Å². The number of rotatable bonds is 5. The summed E-state index contributed by atoms with van der Waals surface area (Å²) >= 11 is 0. The SMILES string of the molecule is CCc1ccccc1OCC[C]=O. The third kappa shape index (κ3) is 2.90. The summed E-state index contributed by atoms with van der Waals surface area (Å²) in [5.41, 5.74) is 1.17. The van der Waals surface area contributed by atoms with Crippen LogP contribution in [0.2, 0.25) is 0 Å². The normalized spacial score (nSPS) is 9.62. The van der Waals surface area contributed by atoms with Crippen molar-refractivity contribution < 1.29 is 9.53 Å². The van der Waals surface area contributed by atoms with Crippen LogP contribution in [0.15, 0.2) is 24.3 Å². The van der Waals surface area contributed by atoms with Crippen molar-refractivity contribution in [1.29, 1.82) is 0 Å². The van der Waals surface area contributed by atoms with Crippen molar-refractivity contribution in [1.82, 2.24) is 0 Å². The number of ether oxygens (including phenoxy) is 1. The van der Waals surface area contributed by atoms with E-state index in [4.69, 9.17) is 4.74 Å². The Morgan fingerprint density at radius 3 is 2.85 bits per heavy atom. The molecule has 1 aromatic carbocycles. The molecule has 0 heterocycles. The zero-order chi connectivity index (χ0) is 9.52. The Labute approximate surface area is 78.5 Å². The molecular weight excluding hydrogens is 164 g/mol. The Bertz CT molecular complexity index is 269. The van der Waals surface area contributed by atoms with Crippen LogP contribution in [0.1, 0.15) is 18.9 Å². The van der Waals surface area contributed by atoms with Gasteiger partial charge >= 0.3 is 0 Å². The summed E-state index contributed by atoms with van der Waals surface area (Å²) in [4.78, 5) is 9.94. The van der Waals surface area contributed by atoms with Crippen LogP contribution in [0.3, 0.4) is 0 Å². The minimum absolute atomic E-state index is 0.331. The van der Waals surface area contributed by atoms with Crippen molar-refractivity contribution >= 4 is 6.29 Å². The molecule has 1 rings (SSSR count). The summed E-state index contributed by atoms with van der Waals surface area (Å²) < 4.78 is 5.41. The molecule has 0 saturated carbocycles. The number of hydrogen-bond acceptors (Lipinski definition) is 2. The lowest BCUT2D eigenvalue weighted by atomic mass is 10.1. The molecule has 0 N–H and O–H groups in total. The maximum Gasteiger partial charge on any atom is 0.201 e. The van der Waals surface area contributed by atoms with Crippen molar-refractivity contribution in [3.8, 4) is 5.75 Å². The Kier molecular flexibility index (Phi) is 4.03. The standard InChI is InChI=1S/C11H13O2/c1-2-10-6-3-4-7-11(10)13-9-5-8-12/h3-4,6-7H,2,5,9H2,1H3. The maximum atomic E-state index is 9.94. The van der Waals surface area contributed by atoms with Crippen LogP contribution in [-0.2, 0) is 11.2 Å². The van der Waals surface area contributed by atoms with Gasteiger partial charge in [0.2, 0.25) is 6.29 Å². The maximum absolute atomic E-state index is 9.94. The van der Waals surface area contributed by atoms with E-state index in [-0.39, 0.29) is 0 Å². The summed E-state index contributed by atoms with van der Waals surface area (Å²) in [5, 5.41) is 0. The first kappa shape index (κ1) is 9.78. The van der Waals surface area contributed by atoms with E-state index in [1.165, 1.54) is 5.56 Å². The summed E-state index contributed by atoms with van der Waals surface area (Å²) in [6, 6.07) is 7.86. The van der Waals surface area contributed by atoms with Crippen molar-refractivity contribution in [3.05, 3.63) is 29.8 Å². The van der Waals surface area contributed by atoms with E-state index in [2.05, 4.69) is 6.92 Å². The van der Waals surface area contributed by atoms with Crippen LogP contribution >= 0.6 is 0 Å². The van der Waals surface area contributed by atoms with Gasteiger partial charge in [0.05, 0.1) is 6.61 Å². The molecule has 13 heavy (non-hydrogen) atoms. The molecule has 0 aliphatic carbocycles. The van der Waals surface area contributed by atoms with Gasteiger partial charge in [0, 0.05) is 6.42 Å². The first-order valence-corrected chi connectivity index (χ1v) is 4.44. The Hall–Kier alpha value is -1.31. The molecule has 69 valence electrons. The molecule has 0 aliphatic heterocycles. The molecule has 1 aromatic rings. The molecule has 0 saturated heterocycles. The van der Waals surface area contributed by atoms with Crippen molar-refractivity contribution in [2.75, 3.05) is 6.61 Å². The fourth-order valence-corrected chi connectivity index (χ4v) is 1.14. The summed E-state index contributed by atoms with van der Waals surface area (Å²) in [6.45, 7) is 2.49. The molecule has 0 bridgehead atoms. The summed E-state index contributed by atoms with van der Waals surface area (Å²) in [7, 11) is 0. The molecule has 0 spiro atoms. The zero-order valence-electron chi connectivity index (χ0n) is 7.75. The van der Waals surface area contributed by atoms with E-state index in [0.717, 1.165) is 12.2 Å². The average molecular weight is 177 g/mol. The van der Waals surface area contributed by atoms with Gasteiger partial charge < -0.3 is 4.74 Å². The van der Waals surface area contributed by atoms with E-state index < -0.39 is 0 Å². The van der Waals surface area contributed by atoms with Gasteiger partial charge in [-0.1, -0.05) is 25.1 Å². The highest BCUT2D eigenvalue weighted by Gasteiger charge is 1.99. The van der Waals surface area contributed by atoms with Gasteiger partial charge in [-0.25, -0.2) is 0 Å². The molecular formula is C11H13O2. The molecule has 0 aromatic heterocycles. The van der Waals surface area contributed by atoms with Crippen LogP contribution in [0.25, 0.3) is 0 Å². The molecule has 0 fully saturated rings. The molecule has 1 radical (unpaired) electrons. The highest BCUT2D eigenvalue weighted by molar-refractivity contribution is 5.50. The molecule has 2 heteroatoms.